The zero-order chi connectivity index (χ0) is 15.1. The molecule has 1 aliphatic rings. The third kappa shape index (κ3) is 4.21. The Hall–Kier alpha value is -2.04. The van der Waals surface area contributed by atoms with Gasteiger partial charge in [0.15, 0.2) is 0 Å². The van der Waals surface area contributed by atoms with Crippen molar-refractivity contribution in [2.24, 2.45) is 0 Å². The molecule has 0 spiro atoms. The molecular formula is C16H22N2O3. The Bertz CT molecular complexity index is 496. The van der Waals surface area contributed by atoms with E-state index >= 15 is 0 Å². The van der Waals surface area contributed by atoms with Crippen molar-refractivity contribution < 1.29 is 14.3 Å². The molecule has 0 saturated carbocycles. The Balaban J connectivity index is 1.96. The summed E-state index contributed by atoms with van der Waals surface area (Å²) in [5.41, 5.74) is 1.10. The monoisotopic (exact) mass is 290 g/mol. The average molecular weight is 290 g/mol. The van der Waals surface area contributed by atoms with E-state index in [0.717, 1.165) is 25.9 Å². The van der Waals surface area contributed by atoms with Gasteiger partial charge in [0, 0.05) is 18.8 Å². The first-order valence-electron chi connectivity index (χ1n) is 7.50. The fourth-order valence-corrected chi connectivity index (χ4v) is 2.45. The third-order valence-electron chi connectivity index (χ3n) is 3.56. The standard InChI is InChI=1S/C16H22N2O3/c1-2-21-16(20)13-8-4-5-9-14(13)17-12-15(19)18-10-6-3-7-11-18/h4-5,8-9,17H,2-3,6-7,10-12H2,1H3. The number of esters is 1. The van der Waals surface area contributed by atoms with E-state index < -0.39 is 0 Å². The van der Waals surface area contributed by atoms with Crippen LogP contribution in [0.1, 0.15) is 36.5 Å². The first kappa shape index (κ1) is 15.4. The van der Waals surface area contributed by atoms with E-state index in [1.807, 2.05) is 11.0 Å². The lowest BCUT2D eigenvalue weighted by Crippen LogP contribution is -2.39. The molecule has 1 heterocycles. The highest BCUT2D eigenvalue weighted by molar-refractivity contribution is 5.96. The van der Waals surface area contributed by atoms with E-state index in [9.17, 15) is 9.59 Å². The summed E-state index contributed by atoms with van der Waals surface area (Å²) in [6, 6.07) is 7.10. The first-order valence-corrected chi connectivity index (χ1v) is 7.50. The molecule has 1 aromatic carbocycles. The SMILES string of the molecule is CCOC(=O)c1ccccc1NCC(=O)N1CCCCC1. The van der Waals surface area contributed by atoms with Crippen LogP contribution in [-0.4, -0.2) is 43.0 Å². The van der Waals surface area contributed by atoms with Crippen molar-refractivity contribution in [3.05, 3.63) is 29.8 Å². The second kappa shape index (κ2) is 7.67. The lowest BCUT2D eigenvalue weighted by Gasteiger charge is -2.27. The molecule has 21 heavy (non-hydrogen) atoms. The summed E-state index contributed by atoms with van der Waals surface area (Å²) in [7, 11) is 0. The second-order valence-electron chi connectivity index (χ2n) is 5.06. The molecule has 5 heteroatoms. The van der Waals surface area contributed by atoms with Gasteiger partial charge in [0.2, 0.25) is 5.91 Å². The molecule has 1 aliphatic heterocycles. The Labute approximate surface area is 125 Å². The van der Waals surface area contributed by atoms with E-state index in [4.69, 9.17) is 4.74 Å². The number of hydrogen-bond acceptors (Lipinski definition) is 4. The number of para-hydroxylation sites is 1. The molecule has 0 aliphatic carbocycles. The van der Waals surface area contributed by atoms with Gasteiger partial charge in [-0.15, -0.1) is 0 Å². The summed E-state index contributed by atoms with van der Waals surface area (Å²) >= 11 is 0. The quantitative estimate of drug-likeness (QED) is 0.845. The lowest BCUT2D eigenvalue weighted by atomic mass is 10.1. The Morgan fingerprint density at radius 1 is 1.19 bits per heavy atom. The number of rotatable bonds is 5. The van der Waals surface area contributed by atoms with Crippen molar-refractivity contribution >= 4 is 17.6 Å². The molecule has 1 fully saturated rings. The Morgan fingerprint density at radius 3 is 2.62 bits per heavy atom. The smallest absolute Gasteiger partial charge is 0.340 e. The predicted molar refractivity (Wildman–Crippen MR) is 81.3 cm³/mol. The summed E-state index contributed by atoms with van der Waals surface area (Å²) in [5.74, 6) is -0.292. The number of benzene rings is 1. The van der Waals surface area contributed by atoms with Crippen LogP contribution in [0.3, 0.4) is 0 Å². The van der Waals surface area contributed by atoms with Gasteiger partial charge in [0.1, 0.15) is 0 Å². The molecule has 0 unspecified atom stereocenters. The Kier molecular flexibility index (Phi) is 5.60. The molecule has 2 rings (SSSR count). The number of carbonyl (C=O) groups excluding carboxylic acids is 2. The molecule has 1 amide bonds. The summed E-state index contributed by atoms with van der Waals surface area (Å²) in [6.45, 7) is 3.98. The maximum atomic E-state index is 12.1. The van der Waals surface area contributed by atoms with E-state index in [0.29, 0.717) is 17.9 Å². The zero-order valence-electron chi connectivity index (χ0n) is 12.4. The van der Waals surface area contributed by atoms with Crippen LogP contribution >= 0.6 is 0 Å². The third-order valence-corrected chi connectivity index (χ3v) is 3.56. The van der Waals surface area contributed by atoms with Gasteiger partial charge in [0.05, 0.1) is 18.7 Å². The van der Waals surface area contributed by atoms with Crippen LogP contribution in [0.4, 0.5) is 5.69 Å². The van der Waals surface area contributed by atoms with Gasteiger partial charge in [-0.3, -0.25) is 4.79 Å². The minimum absolute atomic E-state index is 0.0772. The molecule has 0 bridgehead atoms. The van der Waals surface area contributed by atoms with E-state index in [2.05, 4.69) is 5.32 Å². The largest absolute Gasteiger partial charge is 0.462 e. The van der Waals surface area contributed by atoms with Crippen LogP contribution in [-0.2, 0) is 9.53 Å². The van der Waals surface area contributed by atoms with Gasteiger partial charge in [0.25, 0.3) is 0 Å². The Morgan fingerprint density at radius 2 is 1.90 bits per heavy atom. The van der Waals surface area contributed by atoms with Gasteiger partial charge in [-0.05, 0) is 38.3 Å². The zero-order valence-corrected chi connectivity index (χ0v) is 12.4. The molecule has 1 N–H and O–H groups in total. The van der Waals surface area contributed by atoms with Crippen LogP contribution in [0.2, 0.25) is 0 Å². The second-order valence-corrected chi connectivity index (χ2v) is 5.06. The molecule has 1 aromatic rings. The van der Waals surface area contributed by atoms with Crippen molar-refractivity contribution in [1.29, 1.82) is 0 Å². The van der Waals surface area contributed by atoms with E-state index in [-0.39, 0.29) is 18.4 Å². The van der Waals surface area contributed by atoms with Crippen molar-refractivity contribution in [3.63, 3.8) is 0 Å². The van der Waals surface area contributed by atoms with Gasteiger partial charge in [-0.2, -0.15) is 0 Å². The molecule has 0 radical (unpaired) electrons. The number of nitrogens with one attached hydrogen (secondary N) is 1. The summed E-state index contributed by atoms with van der Waals surface area (Å²) in [5, 5.41) is 3.06. The van der Waals surface area contributed by atoms with E-state index in [1.54, 1.807) is 25.1 Å². The number of ether oxygens (including phenoxy) is 1. The molecule has 5 nitrogen and oxygen atoms in total. The number of nitrogens with zero attached hydrogens (tertiary/aromatic N) is 1. The maximum Gasteiger partial charge on any atom is 0.340 e. The van der Waals surface area contributed by atoms with Crippen molar-refractivity contribution in [2.45, 2.75) is 26.2 Å². The fraction of sp³-hybridized carbons (Fsp3) is 0.500. The predicted octanol–water partition coefficient (Wildman–Crippen LogP) is 2.29. The average Bonchev–Trinajstić information content (AvgIpc) is 2.54. The minimum Gasteiger partial charge on any atom is -0.462 e. The summed E-state index contributed by atoms with van der Waals surface area (Å²) in [4.78, 5) is 25.9. The van der Waals surface area contributed by atoms with Crippen molar-refractivity contribution in [2.75, 3.05) is 31.6 Å². The molecule has 1 saturated heterocycles. The molecular weight excluding hydrogens is 268 g/mol. The molecule has 0 aromatic heterocycles. The topological polar surface area (TPSA) is 58.6 Å². The van der Waals surface area contributed by atoms with Gasteiger partial charge < -0.3 is 15.0 Å². The number of hydrogen-bond donors (Lipinski definition) is 1. The van der Waals surface area contributed by atoms with Crippen LogP contribution in [0.5, 0.6) is 0 Å². The van der Waals surface area contributed by atoms with Crippen LogP contribution in [0.15, 0.2) is 24.3 Å². The number of amides is 1. The lowest BCUT2D eigenvalue weighted by molar-refractivity contribution is -0.130. The van der Waals surface area contributed by atoms with Gasteiger partial charge in [-0.25, -0.2) is 4.79 Å². The highest BCUT2D eigenvalue weighted by atomic mass is 16.5. The number of anilines is 1. The van der Waals surface area contributed by atoms with E-state index in [1.165, 1.54) is 6.42 Å². The highest BCUT2D eigenvalue weighted by Gasteiger charge is 2.17. The van der Waals surface area contributed by atoms with Crippen LogP contribution in [0, 0.1) is 0 Å². The van der Waals surface area contributed by atoms with Crippen molar-refractivity contribution in [3.8, 4) is 0 Å². The van der Waals surface area contributed by atoms with Gasteiger partial charge >= 0.3 is 5.97 Å². The molecule has 114 valence electrons. The van der Waals surface area contributed by atoms with Crippen LogP contribution < -0.4 is 5.32 Å². The fourth-order valence-electron chi connectivity index (χ4n) is 2.45. The maximum absolute atomic E-state index is 12.1. The number of piperidine rings is 1. The summed E-state index contributed by atoms with van der Waals surface area (Å²) < 4.78 is 5.02. The summed E-state index contributed by atoms with van der Waals surface area (Å²) in [6.07, 6.45) is 3.35. The first-order chi connectivity index (χ1) is 10.2. The minimum atomic E-state index is -0.369. The molecule has 0 atom stereocenters. The van der Waals surface area contributed by atoms with Crippen LogP contribution in [0.25, 0.3) is 0 Å². The number of carbonyl (C=O) groups is 2. The van der Waals surface area contributed by atoms with Gasteiger partial charge in [-0.1, -0.05) is 12.1 Å². The normalized spacial score (nSPS) is 14.6. The van der Waals surface area contributed by atoms with Crippen molar-refractivity contribution in [1.82, 2.24) is 4.90 Å². The highest BCUT2D eigenvalue weighted by Crippen LogP contribution is 2.16. The number of likely N-dealkylation sites (tertiary alicyclic amines) is 1.